The summed E-state index contributed by atoms with van der Waals surface area (Å²) in [6.45, 7) is 4.01. The third-order valence-corrected chi connectivity index (χ3v) is 5.32. The second-order valence-corrected chi connectivity index (χ2v) is 7.48. The molecule has 1 heterocycles. The maximum atomic E-state index is 12.8. The molecule has 30 heavy (non-hydrogen) atoms. The molecule has 1 fully saturated rings. The maximum absolute atomic E-state index is 12.8. The number of aryl methyl sites for hydroxylation is 1. The Bertz CT molecular complexity index is 958. The minimum absolute atomic E-state index is 0.0186. The molecule has 2 amide bonds. The first-order valence-electron chi connectivity index (χ1n) is 9.72. The van der Waals surface area contributed by atoms with E-state index in [1.165, 1.54) is 18.2 Å². The molecule has 158 valence electrons. The van der Waals surface area contributed by atoms with Gasteiger partial charge in [-0.1, -0.05) is 36.7 Å². The summed E-state index contributed by atoms with van der Waals surface area (Å²) < 4.78 is 0. The third-order valence-electron chi connectivity index (χ3n) is 5.08. The van der Waals surface area contributed by atoms with Crippen LogP contribution in [0.5, 0.6) is 0 Å². The molecule has 9 heteroatoms. The minimum Gasteiger partial charge on any atom is -0.336 e. The predicted octanol–water partition coefficient (Wildman–Crippen LogP) is 3.21. The van der Waals surface area contributed by atoms with E-state index in [1.54, 1.807) is 4.90 Å². The molecule has 1 saturated heterocycles. The van der Waals surface area contributed by atoms with Crippen molar-refractivity contribution in [1.82, 2.24) is 9.80 Å². The van der Waals surface area contributed by atoms with Gasteiger partial charge in [0.2, 0.25) is 5.91 Å². The van der Waals surface area contributed by atoms with Crippen molar-refractivity contribution < 1.29 is 14.5 Å². The highest BCUT2D eigenvalue weighted by atomic mass is 35.5. The lowest BCUT2D eigenvalue weighted by Gasteiger charge is -2.34. The molecule has 0 saturated carbocycles. The summed E-state index contributed by atoms with van der Waals surface area (Å²) >= 11 is 5.93. The highest BCUT2D eigenvalue weighted by molar-refractivity contribution is 6.31. The van der Waals surface area contributed by atoms with Gasteiger partial charge in [0.15, 0.2) is 0 Å². The highest BCUT2D eigenvalue weighted by Gasteiger charge is 2.28. The number of anilines is 1. The van der Waals surface area contributed by atoms with Crippen molar-refractivity contribution in [1.29, 1.82) is 0 Å². The molecular formula is C21H23ClN4O4. The second kappa shape index (κ2) is 9.69. The normalized spacial score (nSPS) is 14.4. The molecule has 2 aromatic rings. The molecule has 0 atom stereocenters. The van der Waals surface area contributed by atoms with Gasteiger partial charge in [0.1, 0.15) is 5.56 Å². The monoisotopic (exact) mass is 430 g/mol. The Morgan fingerprint density at radius 3 is 2.50 bits per heavy atom. The minimum atomic E-state index is -0.585. The standard InChI is InChI=1S/C21H23ClN4O4/c1-2-15-5-3-4-6-18(15)23-20(27)14-24-9-11-25(12-10-24)21(28)17-13-16(22)7-8-19(17)26(29)30/h3-8,13H,2,9-12,14H2,1H3,(H,23,27). The number of amides is 2. The van der Waals surface area contributed by atoms with Gasteiger partial charge in [-0.05, 0) is 30.2 Å². The van der Waals surface area contributed by atoms with Crippen LogP contribution in [0.4, 0.5) is 11.4 Å². The molecule has 2 aromatic carbocycles. The number of para-hydroxylation sites is 1. The lowest BCUT2D eigenvalue weighted by atomic mass is 10.1. The van der Waals surface area contributed by atoms with Crippen molar-refractivity contribution in [3.63, 3.8) is 0 Å². The number of nitro groups is 1. The van der Waals surface area contributed by atoms with Gasteiger partial charge in [0.25, 0.3) is 11.6 Å². The lowest BCUT2D eigenvalue weighted by Crippen LogP contribution is -2.50. The van der Waals surface area contributed by atoms with E-state index in [1.807, 2.05) is 36.1 Å². The van der Waals surface area contributed by atoms with Gasteiger partial charge in [0.05, 0.1) is 11.5 Å². The number of rotatable bonds is 6. The lowest BCUT2D eigenvalue weighted by molar-refractivity contribution is -0.385. The van der Waals surface area contributed by atoms with Crippen molar-refractivity contribution in [2.45, 2.75) is 13.3 Å². The van der Waals surface area contributed by atoms with Crippen LogP contribution < -0.4 is 5.32 Å². The van der Waals surface area contributed by atoms with Gasteiger partial charge < -0.3 is 10.2 Å². The number of nitro benzene ring substituents is 1. The Hall–Kier alpha value is -2.97. The van der Waals surface area contributed by atoms with Crippen LogP contribution in [0.1, 0.15) is 22.8 Å². The Kier molecular flexibility index (Phi) is 7.02. The first kappa shape index (κ1) is 21.7. The number of carbonyl (C=O) groups is 2. The smallest absolute Gasteiger partial charge is 0.282 e. The average Bonchev–Trinajstić information content (AvgIpc) is 2.73. The summed E-state index contributed by atoms with van der Waals surface area (Å²) in [5.41, 5.74) is 1.60. The van der Waals surface area contributed by atoms with Crippen molar-refractivity contribution in [2.24, 2.45) is 0 Å². The fraction of sp³-hybridized carbons (Fsp3) is 0.333. The van der Waals surface area contributed by atoms with Crippen molar-refractivity contribution in [3.8, 4) is 0 Å². The number of piperazine rings is 1. The molecule has 0 aliphatic carbocycles. The number of hydrogen-bond donors (Lipinski definition) is 1. The fourth-order valence-electron chi connectivity index (χ4n) is 3.46. The van der Waals surface area contributed by atoms with Crippen molar-refractivity contribution in [2.75, 3.05) is 38.0 Å². The van der Waals surface area contributed by atoms with Gasteiger partial charge in [-0.3, -0.25) is 24.6 Å². The van der Waals surface area contributed by atoms with Gasteiger partial charge in [-0.25, -0.2) is 0 Å². The SMILES string of the molecule is CCc1ccccc1NC(=O)CN1CCN(C(=O)c2cc(Cl)ccc2[N+](=O)[O-])CC1. The molecule has 1 N–H and O–H groups in total. The van der Waals surface area contributed by atoms with E-state index in [2.05, 4.69) is 5.32 Å². The molecule has 3 rings (SSSR count). The second-order valence-electron chi connectivity index (χ2n) is 7.05. The molecule has 1 aliphatic heterocycles. The first-order chi connectivity index (χ1) is 14.4. The molecular weight excluding hydrogens is 408 g/mol. The zero-order valence-electron chi connectivity index (χ0n) is 16.6. The summed E-state index contributed by atoms with van der Waals surface area (Å²) in [4.78, 5) is 39.4. The van der Waals surface area contributed by atoms with E-state index in [9.17, 15) is 19.7 Å². The van der Waals surface area contributed by atoms with E-state index in [0.29, 0.717) is 26.2 Å². The number of benzene rings is 2. The quantitative estimate of drug-likeness (QED) is 0.560. The molecule has 0 bridgehead atoms. The van der Waals surface area contributed by atoms with E-state index >= 15 is 0 Å². The largest absolute Gasteiger partial charge is 0.336 e. The average molecular weight is 431 g/mol. The molecule has 0 unspecified atom stereocenters. The van der Waals surface area contributed by atoms with Crippen molar-refractivity contribution >= 4 is 34.8 Å². The zero-order chi connectivity index (χ0) is 21.7. The molecule has 1 aliphatic rings. The van der Waals surface area contributed by atoms with Crippen LogP contribution in [0, 0.1) is 10.1 Å². The number of nitrogens with zero attached hydrogens (tertiary/aromatic N) is 3. The van der Waals surface area contributed by atoms with Gasteiger partial charge in [-0.2, -0.15) is 0 Å². The van der Waals surface area contributed by atoms with E-state index < -0.39 is 10.8 Å². The zero-order valence-corrected chi connectivity index (χ0v) is 17.4. The third kappa shape index (κ3) is 5.14. The summed E-state index contributed by atoms with van der Waals surface area (Å²) in [5, 5.41) is 14.4. The maximum Gasteiger partial charge on any atom is 0.282 e. The van der Waals surface area contributed by atoms with Crippen LogP contribution in [0.25, 0.3) is 0 Å². The summed E-state index contributed by atoms with van der Waals surface area (Å²) in [7, 11) is 0. The molecule has 0 spiro atoms. The fourth-order valence-corrected chi connectivity index (χ4v) is 3.63. The Morgan fingerprint density at radius 2 is 1.83 bits per heavy atom. The van der Waals surface area contributed by atoms with Gasteiger partial charge in [0, 0.05) is 43.0 Å². The van der Waals surface area contributed by atoms with E-state index in [4.69, 9.17) is 11.6 Å². The summed E-state index contributed by atoms with van der Waals surface area (Å²) in [5.74, 6) is -0.536. The Balaban J connectivity index is 1.57. The van der Waals surface area contributed by atoms with Crippen LogP contribution in [0.15, 0.2) is 42.5 Å². The van der Waals surface area contributed by atoms with Crippen LogP contribution in [0.2, 0.25) is 5.02 Å². The van der Waals surface area contributed by atoms with Crippen LogP contribution in [-0.4, -0.2) is 59.3 Å². The van der Waals surface area contributed by atoms with Crippen LogP contribution >= 0.6 is 11.6 Å². The number of carbonyl (C=O) groups excluding carboxylic acids is 2. The number of hydrogen-bond acceptors (Lipinski definition) is 5. The topological polar surface area (TPSA) is 95.8 Å². The molecule has 0 radical (unpaired) electrons. The van der Waals surface area contributed by atoms with Crippen molar-refractivity contribution in [3.05, 3.63) is 68.7 Å². The van der Waals surface area contributed by atoms with Gasteiger partial charge in [-0.15, -0.1) is 0 Å². The number of halogens is 1. The Morgan fingerprint density at radius 1 is 1.13 bits per heavy atom. The van der Waals surface area contributed by atoms with Gasteiger partial charge >= 0.3 is 0 Å². The highest BCUT2D eigenvalue weighted by Crippen LogP contribution is 2.24. The van der Waals surface area contributed by atoms with Crippen LogP contribution in [0.3, 0.4) is 0 Å². The number of nitrogens with one attached hydrogen (secondary N) is 1. The summed E-state index contributed by atoms with van der Waals surface area (Å²) in [6.07, 6.45) is 0.826. The van der Waals surface area contributed by atoms with E-state index in [-0.39, 0.29) is 28.7 Å². The van der Waals surface area contributed by atoms with Crippen LogP contribution in [-0.2, 0) is 11.2 Å². The first-order valence-corrected chi connectivity index (χ1v) is 10.1. The molecule has 8 nitrogen and oxygen atoms in total. The summed E-state index contributed by atoms with van der Waals surface area (Å²) in [6, 6.07) is 11.6. The molecule has 0 aromatic heterocycles. The van der Waals surface area contributed by atoms with E-state index in [0.717, 1.165) is 17.7 Å². The Labute approximate surface area is 179 Å². The predicted molar refractivity (Wildman–Crippen MR) is 115 cm³/mol.